The van der Waals surface area contributed by atoms with E-state index >= 15 is 0 Å². The number of aliphatic hydroxyl groups is 1. The molecule has 1 N–H and O–H groups in total. The van der Waals surface area contributed by atoms with E-state index in [0.717, 1.165) is 6.42 Å². The van der Waals surface area contributed by atoms with Gasteiger partial charge in [-0.1, -0.05) is 30.3 Å². The topological polar surface area (TPSA) is 63.8 Å². The summed E-state index contributed by atoms with van der Waals surface area (Å²) in [7, 11) is 1.73. The van der Waals surface area contributed by atoms with Gasteiger partial charge < -0.3 is 5.11 Å². The molecular formula is C13H16N4O. The molecule has 0 amide bonds. The molecule has 0 saturated heterocycles. The summed E-state index contributed by atoms with van der Waals surface area (Å²) in [5.74, 6) is 1.43. The molecule has 0 bridgehead atoms. The number of hydrogen-bond donors (Lipinski definition) is 1. The second kappa shape index (κ2) is 4.49. The van der Waals surface area contributed by atoms with E-state index in [0.29, 0.717) is 24.1 Å². The highest BCUT2D eigenvalue weighted by molar-refractivity contribution is 5.26. The van der Waals surface area contributed by atoms with Crippen molar-refractivity contribution in [2.75, 3.05) is 0 Å². The number of hydrogen-bond acceptors (Lipinski definition) is 4. The van der Waals surface area contributed by atoms with Gasteiger partial charge in [-0.05, 0) is 29.0 Å². The third-order valence-electron chi connectivity index (χ3n) is 3.50. The molecule has 1 heterocycles. The van der Waals surface area contributed by atoms with Gasteiger partial charge >= 0.3 is 0 Å². The van der Waals surface area contributed by atoms with Crippen LogP contribution in [0.1, 0.15) is 23.7 Å². The highest BCUT2D eigenvalue weighted by Gasteiger charge is 2.43. The van der Waals surface area contributed by atoms with Gasteiger partial charge in [-0.2, -0.15) is 4.80 Å². The quantitative estimate of drug-likeness (QED) is 0.868. The Hall–Kier alpha value is -1.75. The molecule has 3 atom stereocenters. The second-order valence-electron chi connectivity index (χ2n) is 4.88. The molecule has 1 aliphatic rings. The summed E-state index contributed by atoms with van der Waals surface area (Å²) < 4.78 is 0. The lowest BCUT2D eigenvalue weighted by Crippen LogP contribution is -2.15. The number of aromatic nitrogens is 4. The minimum Gasteiger partial charge on any atom is -0.392 e. The molecule has 2 aromatic rings. The first kappa shape index (κ1) is 11.3. The molecule has 3 rings (SSSR count). The molecule has 94 valence electrons. The number of rotatable bonds is 4. The molecular weight excluding hydrogens is 228 g/mol. The molecule has 0 radical (unpaired) electrons. The zero-order valence-electron chi connectivity index (χ0n) is 10.3. The van der Waals surface area contributed by atoms with Crippen LogP contribution in [0.5, 0.6) is 0 Å². The average Bonchev–Trinajstić information content (AvgIpc) is 3.09. The van der Waals surface area contributed by atoms with E-state index in [9.17, 15) is 5.11 Å². The molecule has 1 aromatic carbocycles. The van der Waals surface area contributed by atoms with Gasteiger partial charge in [-0.3, -0.25) is 0 Å². The Morgan fingerprint density at radius 1 is 1.39 bits per heavy atom. The summed E-state index contributed by atoms with van der Waals surface area (Å²) in [6, 6.07) is 10.3. The fourth-order valence-corrected chi connectivity index (χ4v) is 2.47. The van der Waals surface area contributed by atoms with Crippen LogP contribution in [0, 0.1) is 5.92 Å². The minimum absolute atomic E-state index is 0.330. The number of aliphatic hydroxyl groups excluding tert-OH is 1. The average molecular weight is 244 g/mol. The minimum atomic E-state index is -0.376. The van der Waals surface area contributed by atoms with Crippen molar-refractivity contribution >= 4 is 0 Å². The van der Waals surface area contributed by atoms with Crippen LogP contribution in [0.3, 0.4) is 0 Å². The third kappa shape index (κ3) is 2.26. The maximum absolute atomic E-state index is 10.2. The van der Waals surface area contributed by atoms with E-state index in [2.05, 4.69) is 27.5 Å². The molecule has 3 unspecified atom stereocenters. The fourth-order valence-electron chi connectivity index (χ4n) is 2.47. The van der Waals surface area contributed by atoms with Gasteiger partial charge in [0.2, 0.25) is 0 Å². The molecule has 1 saturated carbocycles. The number of nitrogens with zero attached hydrogens (tertiary/aromatic N) is 4. The Kier molecular flexibility index (Phi) is 2.83. The summed E-state index contributed by atoms with van der Waals surface area (Å²) in [6.45, 7) is 0. The number of tetrazole rings is 1. The maximum Gasteiger partial charge on any atom is 0.177 e. The van der Waals surface area contributed by atoms with Gasteiger partial charge in [0, 0.05) is 6.42 Å². The number of aryl methyl sites for hydroxylation is 1. The van der Waals surface area contributed by atoms with Crippen LogP contribution in [0.2, 0.25) is 0 Å². The van der Waals surface area contributed by atoms with Crippen molar-refractivity contribution in [1.29, 1.82) is 0 Å². The molecule has 5 nitrogen and oxygen atoms in total. The Bertz CT molecular complexity index is 525. The Balaban J connectivity index is 1.61. The van der Waals surface area contributed by atoms with E-state index in [1.54, 1.807) is 7.05 Å². The lowest BCUT2D eigenvalue weighted by atomic mass is 10.1. The summed E-state index contributed by atoms with van der Waals surface area (Å²) in [6.07, 6.45) is 1.16. The van der Waals surface area contributed by atoms with Crippen LogP contribution >= 0.6 is 0 Å². The standard InChI is InChI=1S/C13H16N4O/c1-17-15-13(14-16-17)8-12(18)11-7-10(11)9-5-3-2-4-6-9/h2-6,10-12,18H,7-8H2,1H3. The number of benzene rings is 1. The van der Waals surface area contributed by atoms with Crippen LogP contribution < -0.4 is 0 Å². The van der Waals surface area contributed by atoms with Crippen LogP contribution in [0.15, 0.2) is 30.3 Å². The molecule has 0 spiro atoms. The van der Waals surface area contributed by atoms with E-state index in [-0.39, 0.29) is 6.10 Å². The second-order valence-corrected chi connectivity index (χ2v) is 4.88. The van der Waals surface area contributed by atoms with Crippen molar-refractivity contribution in [2.24, 2.45) is 13.0 Å². The lowest BCUT2D eigenvalue weighted by molar-refractivity contribution is 0.147. The largest absolute Gasteiger partial charge is 0.392 e. The Morgan fingerprint density at radius 3 is 2.83 bits per heavy atom. The van der Waals surface area contributed by atoms with Gasteiger partial charge in [0.1, 0.15) is 0 Å². The third-order valence-corrected chi connectivity index (χ3v) is 3.50. The van der Waals surface area contributed by atoms with E-state index in [1.165, 1.54) is 10.4 Å². The SMILES string of the molecule is Cn1nnc(CC(O)C2CC2c2ccccc2)n1. The van der Waals surface area contributed by atoms with E-state index < -0.39 is 0 Å². The first-order chi connectivity index (χ1) is 8.74. The normalized spacial score (nSPS) is 23.9. The van der Waals surface area contributed by atoms with Crippen molar-refractivity contribution in [3.63, 3.8) is 0 Å². The Morgan fingerprint density at radius 2 is 2.17 bits per heavy atom. The van der Waals surface area contributed by atoms with Crippen molar-refractivity contribution in [2.45, 2.75) is 24.9 Å². The smallest absolute Gasteiger partial charge is 0.177 e. The zero-order valence-corrected chi connectivity index (χ0v) is 10.3. The summed E-state index contributed by atoms with van der Waals surface area (Å²) >= 11 is 0. The fraction of sp³-hybridized carbons (Fsp3) is 0.462. The first-order valence-corrected chi connectivity index (χ1v) is 6.20. The molecule has 5 heteroatoms. The Labute approximate surface area is 105 Å². The van der Waals surface area contributed by atoms with Gasteiger partial charge in [0.15, 0.2) is 5.82 Å². The summed E-state index contributed by atoms with van der Waals surface area (Å²) in [5, 5.41) is 21.9. The van der Waals surface area contributed by atoms with Gasteiger partial charge in [-0.25, -0.2) is 0 Å². The molecule has 1 aliphatic carbocycles. The van der Waals surface area contributed by atoms with Crippen molar-refractivity contribution < 1.29 is 5.11 Å². The predicted octanol–water partition coefficient (Wildman–Crippen LogP) is 0.917. The molecule has 18 heavy (non-hydrogen) atoms. The van der Waals surface area contributed by atoms with Gasteiger partial charge in [-0.15, -0.1) is 10.2 Å². The monoisotopic (exact) mass is 244 g/mol. The highest BCUT2D eigenvalue weighted by atomic mass is 16.3. The highest BCUT2D eigenvalue weighted by Crippen LogP contribution is 2.49. The first-order valence-electron chi connectivity index (χ1n) is 6.20. The van der Waals surface area contributed by atoms with Crippen molar-refractivity contribution in [3.8, 4) is 0 Å². The predicted molar refractivity (Wildman–Crippen MR) is 65.8 cm³/mol. The molecule has 1 aromatic heterocycles. The molecule has 0 aliphatic heterocycles. The summed E-state index contributed by atoms with van der Waals surface area (Å²) in [5.41, 5.74) is 1.31. The molecule has 1 fully saturated rings. The van der Waals surface area contributed by atoms with E-state index in [4.69, 9.17) is 0 Å². The van der Waals surface area contributed by atoms with Gasteiger partial charge in [0.25, 0.3) is 0 Å². The van der Waals surface area contributed by atoms with Crippen LogP contribution in [0.4, 0.5) is 0 Å². The van der Waals surface area contributed by atoms with Crippen molar-refractivity contribution in [1.82, 2.24) is 20.2 Å². The van der Waals surface area contributed by atoms with Crippen molar-refractivity contribution in [3.05, 3.63) is 41.7 Å². The van der Waals surface area contributed by atoms with Gasteiger partial charge in [0.05, 0.1) is 13.2 Å². The van der Waals surface area contributed by atoms with E-state index in [1.807, 2.05) is 18.2 Å². The van der Waals surface area contributed by atoms with Crippen LogP contribution in [-0.4, -0.2) is 31.4 Å². The maximum atomic E-state index is 10.2. The lowest BCUT2D eigenvalue weighted by Gasteiger charge is -2.07. The summed E-state index contributed by atoms with van der Waals surface area (Å²) in [4.78, 5) is 1.42. The van der Waals surface area contributed by atoms with Crippen LogP contribution in [-0.2, 0) is 13.5 Å². The zero-order chi connectivity index (χ0) is 12.5. The van der Waals surface area contributed by atoms with Crippen LogP contribution in [0.25, 0.3) is 0 Å².